The van der Waals surface area contributed by atoms with Crippen LogP contribution >= 0.6 is 23.7 Å². The number of nitrogens with zero attached hydrogens (tertiary/aromatic N) is 1. The Morgan fingerprint density at radius 1 is 1.30 bits per heavy atom. The van der Waals surface area contributed by atoms with Gasteiger partial charge in [0.05, 0.1) is 19.1 Å². The van der Waals surface area contributed by atoms with Gasteiger partial charge in [0.2, 0.25) is 5.91 Å². The molecule has 0 atom stereocenters. The van der Waals surface area contributed by atoms with Gasteiger partial charge in [0.25, 0.3) is 0 Å². The normalized spacial score (nSPS) is 13.4. The van der Waals surface area contributed by atoms with Crippen molar-refractivity contribution in [1.82, 2.24) is 4.90 Å². The Kier molecular flexibility index (Phi) is 7.35. The minimum absolute atomic E-state index is 0. The number of methoxy groups -OCH3 is 1. The number of nitrogens with one attached hydrogen (secondary N) is 1. The predicted octanol–water partition coefficient (Wildman–Crippen LogP) is 3.65. The van der Waals surface area contributed by atoms with Crippen molar-refractivity contribution in [1.29, 1.82) is 0 Å². The average Bonchev–Trinajstić information content (AvgIpc) is 2.99. The van der Waals surface area contributed by atoms with E-state index in [1.807, 2.05) is 0 Å². The molecule has 5 nitrogen and oxygen atoms in total. The van der Waals surface area contributed by atoms with Crippen LogP contribution in [0.15, 0.2) is 24.3 Å². The number of ether oxygens (including phenoxy) is 1. The number of anilines is 1. The van der Waals surface area contributed by atoms with E-state index in [0.29, 0.717) is 16.1 Å². The van der Waals surface area contributed by atoms with E-state index in [-0.39, 0.29) is 30.6 Å². The number of carbonyl (C=O) groups is 2. The van der Waals surface area contributed by atoms with Crippen molar-refractivity contribution in [3.8, 4) is 0 Å². The van der Waals surface area contributed by atoms with E-state index >= 15 is 0 Å². The molecule has 1 aliphatic rings. The van der Waals surface area contributed by atoms with Gasteiger partial charge in [-0.3, -0.25) is 9.69 Å². The number of amides is 1. The molecule has 0 unspecified atom stereocenters. The minimum Gasteiger partial charge on any atom is -0.465 e. The van der Waals surface area contributed by atoms with E-state index in [0.717, 1.165) is 36.5 Å². The number of likely N-dealkylation sites (N-methyl/N-ethyl adjacent to an activating group) is 1. The Bertz CT molecular complexity index is 823. The van der Waals surface area contributed by atoms with Crippen molar-refractivity contribution in [2.75, 3.05) is 25.5 Å². The van der Waals surface area contributed by atoms with E-state index in [4.69, 9.17) is 4.74 Å². The predicted molar refractivity (Wildman–Crippen MR) is 106 cm³/mol. The average molecular weight is 413 g/mol. The highest BCUT2D eigenvalue weighted by Crippen LogP contribution is 2.37. The summed E-state index contributed by atoms with van der Waals surface area (Å²) in [5, 5.41) is 3.38. The molecular weight excluding hydrogens is 391 g/mol. The number of halogens is 2. The second-order valence-electron chi connectivity index (χ2n) is 6.17. The summed E-state index contributed by atoms with van der Waals surface area (Å²) >= 11 is 1.43. The second-order valence-corrected chi connectivity index (χ2v) is 7.27. The Morgan fingerprint density at radius 2 is 2.00 bits per heavy atom. The number of rotatable bonds is 5. The highest BCUT2D eigenvalue weighted by Gasteiger charge is 2.28. The van der Waals surface area contributed by atoms with Crippen LogP contribution in [-0.4, -0.2) is 37.0 Å². The topological polar surface area (TPSA) is 58.6 Å². The molecule has 0 radical (unpaired) electrons. The molecule has 0 bridgehead atoms. The highest BCUT2D eigenvalue weighted by molar-refractivity contribution is 7.17. The van der Waals surface area contributed by atoms with Gasteiger partial charge in [-0.15, -0.1) is 23.7 Å². The third-order valence-corrected chi connectivity index (χ3v) is 5.64. The fraction of sp³-hybridized carbons (Fsp3) is 0.368. The van der Waals surface area contributed by atoms with E-state index in [2.05, 4.69) is 17.1 Å². The molecule has 2 aromatic rings. The number of benzene rings is 1. The van der Waals surface area contributed by atoms with Gasteiger partial charge in [-0.2, -0.15) is 0 Å². The molecule has 0 saturated heterocycles. The minimum atomic E-state index is -0.426. The zero-order valence-electron chi connectivity index (χ0n) is 15.2. The van der Waals surface area contributed by atoms with Crippen molar-refractivity contribution < 1.29 is 18.7 Å². The second kappa shape index (κ2) is 9.30. The lowest BCUT2D eigenvalue weighted by molar-refractivity contribution is -0.115. The van der Waals surface area contributed by atoms with Crippen molar-refractivity contribution in [3.05, 3.63) is 51.7 Å². The van der Waals surface area contributed by atoms with E-state index in [1.165, 1.54) is 30.6 Å². The maximum absolute atomic E-state index is 13.0. The van der Waals surface area contributed by atoms with Crippen molar-refractivity contribution in [3.63, 3.8) is 0 Å². The third kappa shape index (κ3) is 4.86. The van der Waals surface area contributed by atoms with Crippen LogP contribution in [0.1, 0.15) is 33.3 Å². The molecule has 8 heteroatoms. The molecule has 0 saturated carbocycles. The lowest BCUT2D eigenvalue weighted by atomic mass is 10.0. The monoisotopic (exact) mass is 412 g/mol. The molecule has 1 N–H and O–H groups in total. The summed E-state index contributed by atoms with van der Waals surface area (Å²) in [5.41, 5.74) is 2.15. The van der Waals surface area contributed by atoms with Crippen molar-refractivity contribution in [2.45, 2.75) is 26.3 Å². The summed E-state index contributed by atoms with van der Waals surface area (Å²) in [5.74, 6) is -1.01. The molecular formula is C19H22ClFN2O3S. The summed E-state index contributed by atoms with van der Waals surface area (Å²) in [4.78, 5) is 28.1. The third-order valence-electron chi connectivity index (χ3n) is 4.50. The van der Waals surface area contributed by atoms with Crippen LogP contribution in [0.2, 0.25) is 0 Å². The number of fused-ring (bicyclic) bond motifs is 1. The van der Waals surface area contributed by atoms with Gasteiger partial charge in [-0.1, -0.05) is 19.1 Å². The van der Waals surface area contributed by atoms with Crippen LogP contribution in [0, 0.1) is 5.82 Å². The lowest BCUT2D eigenvalue weighted by Crippen LogP contribution is -2.30. The molecule has 27 heavy (non-hydrogen) atoms. The molecule has 1 amide bonds. The van der Waals surface area contributed by atoms with Crippen molar-refractivity contribution in [2.24, 2.45) is 0 Å². The Labute approximate surface area is 167 Å². The zero-order valence-corrected chi connectivity index (χ0v) is 16.8. The van der Waals surface area contributed by atoms with Gasteiger partial charge < -0.3 is 10.1 Å². The molecule has 0 aliphatic carbocycles. The molecule has 0 fully saturated rings. The van der Waals surface area contributed by atoms with Crippen LogP contribution in [0.3, 0.4) is 0 Å². The van der Waals surface area contributed by atoms with Crippen LogP contribution in [0.4, 0.5) is 9.39 Å². The van der Waals surface area contributed by atoms with Crippen molar-refractivity contribution >= 4 is 40.6 Å². The summed E-state index contributed by atoms with van der Waals surface area (Å²) in [6, 6.07) is 5.81. The highest BCUT2D eigenvalue weighted by atomic mass is 35.5. The van der Waals surface area contributed by atoms with Gasteiger partial charge in [0.1, 0.15) is 10.8 Å². The smallest absolute Gasteiger partial charge is 0.341 e. The number of hydrogen-bond acceptors (Lipinski definition) is 5. The largest absolute Gasteiger partial charge is 0.465 e. The maximum Gasteiger partial charge on any atom is 0.341 e. The molecule has 1 aliphatic heterocycles. The first-order valence-electron chi connectivity index (χ1n) is 8.51. The Morgan fingerprint density at radius 3 is 2.63 bits per heavy atom. The van der Waals surface area contributed by atoms with E-state index < -0.39 is 5.97 Å². The summed E-state index contributed by atoms with van der Waals surface area (Å²) in [6.45, 7) is 4.70. The number of thiophene rings is 1. The molecule has 146 valence electrons. The summed E-state index contributed by atoms with van der Waals surface area (Å²) in [7, 11) is 1.34. The van der Waals surface area contributed by atoms with Gasteiger partial charge >= 0.3 is 5.97 Å². The quantitative estimate of drug-likeness (QED) is 0.761. The number of esters is 1. The molecule has 0 spiro atoms. The van der Waals surface area contributed by atoms with E-state index in [1.54, 1.807) is 12.1 Å². The molecule has 3 rings (SSSR count). The Balaban J connectivity index is 0.00000261. The number of carbonyl (C=O) groups excluding carboxylic acids is 2. The Hall–Kier alpha value is -1.96. The fourth-order valence-corrected chi connectivity index (χ4v) is 4.39. The summed E-state index contributed by atoms with van der Waals surface area (Å²) < 4.78 is 17.9. The van der Waals surface area contributed by atoms with Crippen LogP contribution in [0.5, 0.6) is 0 Å². The first kappa shape index (κ1) is 21.3. The SMILES string of the molecule is CCN1CCc2c(sc(NC(=O)Cc3ccc(F)cc3)c2C(=O)OC)C1.Cl. The molecule has 1 aromatic carbocycles. The molecule has 1 aromatic heterocycles. The zero-order chi connectivity index (χ0) is 18.7. The molecule has 2 heterocycles. The number of hydrogen-bond donors (Lipinski definition) is 1. The summed E-state index contributed by atoms with van der Waals surface area (Å²) in [6.07, 6.45) is 0.877. The van der Waals surface area contributed by atoms with Gasteiger partial charge in [0.15, 0.2) is 0 Å². The van der Waals surface area contributed by atoms with Crippen LogP contribution in [-0.2, 0) is 28.9 Å². The van der Waals surface area contributed by atoms with Crippen LogP contribution < -0.4 is 5.32 Å². The first-order valence-corrected chi connectivity index (χ1v) is 9.33. The first-order chi connectivity index (χ1) is 12.5. The van der Waals surface area contributed by atoms with E-state index in [9.17, 15) is 14.0 Å². The fourth-order valence-electron chi connectivity index (χ4n) is 3.09. The van der Waals surface area contributed by atoms with Gasteiger partial charge in [0, 0.05) is 18.0 Å². The standard InChI is InChI=1S/C19H21FN2O3S.ClH/c1-3-22-9-8-14-15(11-22)26-18(17(14)19(24)25-2)21-16(23)10-12-4-6-13(20)7-5-12;/h4-7H,3,8-11H2,1-2H3,(H,21,23);1H. The van der Waals surface area contributed by atoms with Crippen LogP contribution in [0.25, 0.3) is 0 Å². The van der Waals surface area contributed by atoms with Gasteiger partial charge in [-0.05, 0) is 36.2 Å². The maximum atomic E-state index is 13.0. The lowest BCUT2D eigenvalue weighted by Gasteiger charge is -2.25. The van der Waals surface area contributed by atoms with Gasteiger partial charge in [-0.25, -0.2) is 9.18 Å².